The first-order chi connectivity index (χ1) is 12.6. The highest BCUT2D eigenvalue weighted by Gasteiger charge is 2.46. The lowest BCUT2D eigenvalue weighted by Crippen LogP contribution is -2.52. The molecule has 0 amide bonds. The number of nitrogens with zero attached hydrogens (tertiary/aromatic N) is 1. The topological polar surface area (TPSA) is 32.7 Å². The summed E-state index contributed by atoms with van der Waals surface area (Å²) in [5.74, 6) is 0.503. The van der Waals surface area contributed by atoms with Crippen molar-refractivity contribution in [2.45, 2.75) is 84.0 Å². The molecule has 1 aromatic carbocycles. The summed E-state index contributed by atoms with van der Waals surface area (Å²) < 4.78 is 6.56. The molecular formula is C23H39NO2Si. The van der Waals surface area contributed by atoms with Gasteiger partial charge in [-0.25, -0.2) is 0 Å². The maximum Gasteiger partial charge on any atom is 0.196 e. The van der Waals surface area contributed by atoms with Gasteiger partial charge in [-0.05, 0) is 42.5 Å². The van der Waals surface area contributed by atoms with E-state index in [0.29, 0.717) is 12.0 Å². The molecule has 0 aliphatic carbocycles. The fourth-order valence-corrected chi connectivity index (χ4v) is 6.29. The van der Waals surface area contributed by atoms with Crippen molar-refractivity contribution >= 4 is 8.32 Å². The second-order valence-corrected chi connectivity index (χ2v) is 13.8. The summed E-state index contributed by atoms with van der Waals surface area (Å²) in [5, 5.41) is 11.4. The summed E-state index contributed by atoms with van der Waals surface area (Å²) in [6.45, 7) is 16.6. The summed E-state index contributed by atoms with van der Waals surface area (Å²) in [7, 11) is -2.14. The average Bonchev–Trinajstić information content (AvgIpc) is 2.62. The Balaban J connectivity index is 2.35. The molecule has 1 aromatic rings. The lowest BCUT2D eigenvalue weighted by molar-refractivity contribution is -0.101. The van der Waals surface area contributed by atoms with E-state index in [0.717, 1.165) is 24.9 Å². The van der Waals surface area contributed by atoms with E-state index in [1.54, 1.807) is 0 Å². The van der Waals surface area contributed by atoms with Gasteiger partial charge in [0.2, 0.25) is 0 Å². The molecule has 1 aliphatic heterocycles. The molecule has 0 bridgehead atoms. The Morgan fingerprint density at radius 2 is 1.81 bits per heavy atom. The fraction of sp³-hybridized carbons (Fsp3) is 0.652. The zero-order valence-electron chi connectivity index (χ0n) is 18.3. The molecule has 0 fully saturated rings. The molecule has 27 heavy (non-hydrogen) atoms. The molecule has 1 unspecified atom stereocenters. The van der Waals surface area contributed by atoms with Crippen LogP contribution >= 0.6 is 0 Å². The summed E-state index contributed by atoms with van der Waals surface area (Å²) >= 11 is 0. The van der Waals surface area contributed by atoms with Crippen LogP contribution in [0.2, 0.25) is 18.1 Å². The second kappa shape index (κ2) is 9.04. The zero-order valence-corrected chi connectivity index (χ0v) is 19.3. The van der Waals surface area contributed by atoms with Crippen LogP contribution in [0.5, 0.6) is 0 Å². The second-order valence-electron chi connectivity index (χ2n) is 9.22. The lowest BCUT2D eigenvalue weighted by atomic mass is 9.97. The van der Waals surface area contributed by atoms with Gasteiger partial charge in [0.15, 0.2) is 14.6 Å². The Labute approximate surface area is 167 Å². The standard InChI is InChI=1S/C23H39NO2Si/c1-8-20-16-12-13-17-24(20)21(19-14-10-9-11-15-19)22(25)26-27(6,7)23(4,5)18(2)3/h9-15,18,20-22,25H,8,16-17H2,1-7H3/t20?,21-,22-/m0/s1. The van der Waals surface area contributed by atoms with Gasteiger partial charge in [-0.3, -0.25) is 4.90 Å². The molecule has 0 aromatic heterocycles. The minimum Gasteiger partial charge on any atom is -0.391 e. The van der Waals surface area contributed by atoms with Crippen LogP contribution in [-0.2, 0) is 4.43 Å². The molecule has 3 atom stereocenters. The molecule has 1 N–H and O–H groups in total. The molecule has 2 rings (SSSR count). The molecule has 0 radical (unpaired) electrons. The summed E-state index contributed by atoms with van der Waals surface area (Å²) in [6.07, 6.45) is 5.76. The van der Waals surface area contributed by atoms with E-state index < -0.39 is 14.6 Å². The van der Waals surface area contributed by atoms with Crippen LogP contribution in [0.25, 0.3) is 0 Å². The predicted molar refractivity (Wildman–Crippen MR) is 117 cm³/mol. The molecule has 4 heteroatoms. The number of aliphatic hydroxyl groups is 1. The van der Waals surface area contributed by atoms with E-state index in [9.17, 15) is 5.11 Å². The minimum atomic E-state index is -2.14. The van der Waals surface area contributed by atoms with Crippen molar-refractivity contribution in [2.75, 3.05) is 6.54 Å². The van der Waals surface area contributed by atoms with Crippen LogP contribution in [-0.4, -0.2) is 37.2 Å². The van der Waals surface area contributed by atoms with Gasteiger partial charge in [0.25, 0.3) is 0 Å². The Morgan fingerprint density at radius 1 is 1.19 bits per heavy atom. The average molecular weight is 390 g/mol. The van der Waals surface area contributed by atoms with Crippen molar-refractivity contribution in [3.63, 3.8) is 0 Å². The van der Waals surface area contributed by atoms with E-state index in [1.165, 1.54) is 0 Å². The van der Waals surface area contributed by atoms with Crippen LogP contribution in [0.4, 0.5) is 0 Å². The van der Waals surface area contributed by atoms with Gasteiger partial charge in [0, 0.05) is 12.6 Å². The van der Waals surface area contributed by atoms with Gasteiger partial charge in [-0.1, -0.05) is 77.1 Å². The largest absolute Gasteiger partial charge is 0.391 e. The Kier molecular flexibility index (Phi) is 7.48. The highest BCUT2D eigenvalue weighted by Crippen LogP contribution is 2.46. The fourth-order valence-electron chi connectivity index (χ4n) is 3.86. The van der Waals surface area contributed by atoms with E-state index >= 15 is 0 Å². The first kappa shape index (κ1) is 22.3. The SMILES string of the molecule is CCC1CC=CCN1[C@@H](c1ccccc1)[C@@H](O)O[Si](C)(C)C(C)(C)C(C)C. The van der Waals surface area contributed by atoms with Gasteiger partial charge in [0.1, 0.15) is 0 Å². The van der Waals surface area contributed by atoms with Crippen LogP contribution in [0.1, 0.15) is 59.1 Å². The third-order valence-corrected chi connectivity index (χ3v) is 11.5. The van der Waals surface area contributed by atoms with Crippen LogP contribution in [0, 0.1) is 5.92 Å². The third-order valence-electron chi connectivity index (χ3n) is 7.01. The van der Waals surface area contributed by atoms with Gasteiger partial charge < -0.3 is 9.53 Å². The number of hydrogen-bond acceptors (Lipinski definition) is 3. The smallest absolute Gasteiger partial charge is 0.196 e. The van der Waals surface area contributed by atoms with Crippen molar-refractivity contribution < 1.29 is 9.53 Å². The number of aliphatic hydroxyl groups excluding tert-OH is 1. The van der Waals surface area contributed by atoms with E-state index in [-0.39, 0.29) is 11.1 Å². The third kappa shape index (κ3) is 4.92. The van der Waals surface area contributed by atoms with Crippen molar-refractivity contribution in [2.24, 2.45) is 5.92 Å². The monoisotopic (exact) mass is 389 g/mol. The van der Waals surface area contributed by atoms with Gasteiger partial charge in [0.05, 0.1) is 6.04 Å². The maximum absolute atomic E-state index is 11.4. The summed E-state index contributed by atoms with van der Waals surface area (Å²) in [4.78, 5) is 2.42. The van der Waals surface area contributed by atoms with Gasteiger partial charge in [-0.2, -0.15) is 0 Å². The Hall–Kier alpha value is -0.943. The minimum absolute atomic E-state index is 0.0706. The van der Waals surface area contributed by atoms with Crippen LogP contribution in [0.3, 0.4) is 0 Å². The van der Waals surface area contributed by atoms with Crippen molar-refractivity contribution in [1.82, 2.24) is 4.90 Å². The number of rotatable bonds is 8. The highest BCUT2D eigenvalue weighted by atomic mass is 28.4. The highest BCUT2D eigenvalue weighted by molar-refractivity contribution is 6.74. The molecule has 0 saturated heterocycles. The quantitative estimate of drug-likeness (QED) is 0.349. The van der Waals surface area contributed by atoms with Crippen molar-refractivity contribution in [1.29, 1.82) is 0 Å². The Morgan fingerprint density at radius 3 is 2.37 bits per heavy atom. The summed E-state index contributed by atoms with van der Waals surface area (Å²) in [6, 6.07) is 10.7. The maximum atomic E-state index is 11.4. The molecule has 0 saturated carbocycles. The van der Waals surface area contributed by atoms with Crippen LogP contribution in [0.15, 0.2) is 42.5 Å². The Bertz CT molecular complexity index is 612. The normalized spacial score (nSPS) is 21.4. The first-order valence-electron chi connectivity index (χ1n) is 10.4. The molecule has 152 valence electrons. The number of hydrogen-bond donors (Lipinski definition) is 1. The molecule has 1 heterocycles. The van der Waals surface area contributed by atoms with Crippen molar-refractivity contribution in [3.05, 3.63) is 48.0 Å². The van der Waals surface area contributed by atoms with Gasteiger partial charge in [-0.15, -0.1) is 0 Å². The molecular weight excluding hydrogens is 350 g/mol. The summed E-state index contributed by atoms with van der Waals surface area (Å²) in [5.41, 5.74) is 1.13. The lowest BCUT2D eigenvalue weighted by Gasteiger charge is -2.47. The van der Waals surface area contributed by atoms with Crippen molar-refractivity contribution in [3.8, 4) is 0 Å². The first-order valence-corrected chi connectivity index (χ1v) is 13.3. The molecule has 0 spiro atoms. The van der Waals surface area contributed by atoms with E-state index in [4.69, 9.17) is 4.43 Å². The number of benzene rings is 1. The van der Waals surface area contributed by atoms with Crippen LogP contribution < -0.4 is 0 Å². The van der Waals surface area contributed by atoms with E-state index in [2.05, 4.69) is 89.0 Å². The van der Waals surface area contributed by atoms with Gasteiger partial charge >= 0.3 is 0 Å². The molecule has 1 aliphatic rings. The molecule has 3 nitrogen and oxygen atoms in total. The predicted octanol–water partition coefficient (Wildman–Crippen LogP) is 5.74. The zero-order chi connectivity index (χ0) is 20.2. The van der Waals surface area contributed by atoms with E-state index in [1.807, 2.05) is 6.07 Å².